The topological polar surface area (TPSA) is 156 Å². The number of fused-ring (bicyclic) bond motifs is 1. The molecule has 2 aliphatic rings. The van der Waals surface area contributed by atoms with E-state index in [0.717, 1.165) is 36.8 Å². The largest absolute Gasteiger partial charge is 0.481 e. The fraction of sp³-hybridized carbons (Fsp3) is 0.630. The lowest BCUT2D eigenvalue weighted by atomic mass is 9.98. The van der Waals surface area contributed by atoms with Crippen molar-refractivity contribution in [3.05, 3.63) is 35.4 Å². The molecule has 3 rings (SSSR count). The number of rotatable bonds is 12. The molecule has 2 aliphatic heterocycles. The van der Waals surface area contributed by atoms with Crippen LogP contribution in [0, 0.1) is 0 Å². The normalized spacial score (nSPS) is 22.5. The minimum absolute atomic E-state index is 0.0226. The number of carboxylic acid groups (broad SMARTS) is 1. The van der Waals surface area contributed by atoms with Gasteiger partial charge in [0.05, 0.1) is 12.7 Å². The predicted octanol–water partition coefficient (Wildman–Crippen LogP) is 0.914. The zero-order valence-corrected chi connectivity index (χ0v) is 21.2. The van der Waals surface area contributed by atoms with Crippen molar-refractivity contribution in [1.29, 1.82) is 0 Å². The number of aryl methyl sites for hydroxylation is 2. The maximum atomic E-state index is 13.5. The van der Waals surface area contributed by atoms with Crippen LogP contribution in [-0.2, 0) is 32.0 Å². The SMILES string of the molecule is O=C(O)CCc1ccc(CCC(=O)NC2CCCC[C@H]3CCC(C(=O)NCCC(O)CO)N3C2=O)cc1. The van der Waals surface area contributed by atoms with Crippen LogP contribution in [0.2, 0.25) is 0 Å². The van der Waals surface area contributed by atoms with E-state index in [0.29, 0.717) is 25.7 Å². The standard InChI is InChI=1S/C27H39N3O7/c31-17-21(32)15-16-28-26(36)23-12-11-20-3-1-2-4-22(27(37)30(20)23)29-24(33)13-9-18-5-7-19(8-6-18)10-14-25(34)35/h5-8,20-23,31-32H,1-4,9-17H2,(H,28,36)(H,29,33)(H,34,35)/t20-,21?,22?,23?/m0/s1. The minimum atomic E-state index is -0.894. The fourth-order valence-electron chi connectivity index (χ4n) is 5.14. The summed E-state index contributed by atoms with van der Waals surface area (Å²) in [6.45, 7) is -0.157. The Morgan fingerprint density at radius 1 is 0.973 bits per heavy atom. The Bertz CT molecular complexity index is 936. The number of amides is 3. The molecule has 2 fully saturated rings. The summed E-state index contributed by atoms with van der Waals surface area (Å²) in [5, 5.41) is 32.9. The Balaban J connectivity index is 1.54. The first-order valence-electron chi connectivity index (χ1n) is 13.3. The van der Waals surface area contributed by atoms with E-state index in [1.165, 1.54) is 0 Å². The Kier molecular flexibility index (Phi) is 10.9. The molecule has 3 amide bonds. The summed E-state index contributed by atoms with van der Waals surface area (Å²) in [5.41, 5.74) is 1.89. The second-order valence-corrected chi connectivity index (χ2v) is 10.0. The number of nitrogens with zero attached hydrogens (tertiary/aromatic N) is 1. The first-order chi connectivity index (χ1) is 17.8. The molecule has 0 saturated carbocycles. The van der Waals surface area contributed by atoms with Crippen molar-refractivity contribution < 1.29 is 34.5 Å². The van der Waals surface area contributed by atoms with Crippen molar-refractivity contribution in [3.63, 3.8) is 0 Å². The molecule has 1 aromatic rings. The van der Waals surface area contributed by atoms with Crippen LogP contribution in [0.25, 0.3) is 0 Å². The number of aliphatic hydroxyl groups is 2. The Labute approximate surface area is 217 Å². The molecule has 37 heavy (non-hydrogen) atoms. The van der Waals surface area contributed by atoms with E-state index in [1.54, 1.807) is 4.90 Å². The van der Waals surface area contributed by atoms with Gasteiger partial charge in [-0.1, -0.05) is 37.1 Å². The number of hydrogen-bond donors (Lipinski definition) is 5. The molecule has 0 aliphatic carbocycles. The molecular formula is C27H39N3O7. The molecule has 2 saturated heterocycles. The average Bonchev–Trinajstić information content (AvgIpc) is 3.30. The van der Waals surface area contributed by atoms with Gasteiger partial charge < -0.3 is 30.9 Å². The van der Waals surface area contributed by atoms with Gasteiger partial charge in [0.1, 0.15) is 12.1 Å². The van der Waals surface area contributed by atoms with E-state index >= 15 is 0 Å². The van der Waals surface area contributed by atoms with E-state index < -0.39 is 24.2 Å². The first-order valence-corrected chi connectivity index (χ1v) is 13.3. The summed E-state index contributed by atoms with van der Waals surface area (Å²) in [6.07, 6.45) is 5.02. The lowest BCUT2D eigenvalue weighted by Gasteiger charge is -2.35. The zero-order valence-electron chi connectivity index (χ0n) is 21.2. The maximum absolute atomic E-state index is 13.5. The third kappa shape index (κ3) is 8.53. The molecule has 0 aromatic heterocycles. The minimum Gasteiger partial charge on any atom is -0.481 e. The van der Waals surface area contributed by atoms with E-state index in [2.05, 4.69) is 10.6 Å². The molecule has 5 N–H and O–H groups in total. The van der Waals surface area contributed by atoms with Crippen molar-refractivity contribution >= 4 is 23.7 Å². The summed E-state index contributed by atoms with van der Waals surface area (Å²) in [6, 6.07) is 6.24. The number of nitrogens with one attached hydrogen (secondary N) is 2. The third-order valence-electron chi connectivity index (χ3n) is 7.25. The molecule has 10 nitrogen and oxygen atoms in total. The van der Waals surface area contributed by atoms with Crippen molar-refractivity contribution in [2.75, 3.05) is 13.2 Å². The van der Waals surface area contributed by atoms with Crippen LogP contribution in [0.15, 0.2) is 24.3 Å². The molecule has 0 bridgehead atoms. The van der Waals surface area contributed by atoms with Crippen LogP contribution in [0.5, 0.6) is 0 Å². The van der Waals surface area contributed by atoms with Gasteiger partial charge in [0.2, 0.25) is 17.7 Å². The van der Waals surface area contributed by atoms with Gasteiger partial charge in [0.15, 0.2) is 0 Å². The van der Waals surface area contributed by atoms with Crippen molar-refractivity contribution in [2.45, 2.75) is 94.9 Å². The Morgan fingerprint density at radius 3 is 2.27 bits per heavy atom. The maximum Gasteiger partial charge on any atom is 0.303 e. The molecule has 0 radical (unpaired) electrons. The average molecular weight is 518 g/mol. The van der Waals surface area contributed by atoms with Crippen LogP contribution < -0.4 is 10.6 Å². The summed E-state index contributed by atoms with van der Waals surface area (Å²) in [7, 11) is 0. The zero-order chi connectivity index (χ0) is 26.8. The van der Waals surface area contributed by atoms with E-state index in [9.17, 15) is 24.3 Å². The van der Waals surface area contributed by atoms with Crippen LogP contribution in [0.4, 0.5) is 0 Å². The molecular weight excluding hydrogens is 478 g/mol. The third-order valence-corrected chi connectivity index (χ3v) is 7.25. The number of carboxylic acids is 1. The quantitative estimate of drug-likeness (QED) is 0.276. The molecule has 2 heterocycles. The predicted molar refractivity (Wildman–Crippen MR) is 135 cm³/mol. The second-order valence-electron chi connectivity index (χ2n) is 10.0. The van der Waals surface area contributed by atoms with Gasteiger partial charge in [-0.2, -0.15) is 0 Å². The van der Waals surface area contributed by atoms with Gasteiger partial charge in [0.25, 0.3) is 0 Å². The van der Waals surface area contributed by atoms with Gasteiger partial charge in [-0.25, -0.2) is 0 Å². The highest BCUT2D eigenvalue weighted by Crippen LogP contribution is 2.31. The van der Waals surface area contributed by atoms with Crippen LogP contribution in [0.1, 0.15) is 68.9 Å². The van der Waals surface area contributed by atoms with Crippen molar-refractivity contribution in [1.82, 2.24) is 15.5 Å². The van der Waals surface area contributed by atoms with Gasteiger partial charge in [-0.05, 0) is 56.1 Å². The van der Waals surface area contributed by atoms with Crippen LogP contribution >= 0.6 is 0 Å². The molecule has 0 spiro atoms. The smallest absolute Gasteiger partial charge is 0.303 e. The summed E-state index contributed by atoms with van der Waals surface area (Å²) in [5.74, 6) is -1.54. The molecule has 1 aromatic carbocycles. The molecule has 4 atom stereocenters. The highest BCUT2D eigenvalue weighted by atomic mass is 16.4. The van der Waals surface area contributed by atoms with Gasteiger partial charge in [0, 0.05) is 25.4 Å². The van der Waals surface area contributed by atoms with E-state index in [1.807, 2.05) is 24.3 Å². The lowest BCUT2D eigenvalue weighted by molar-refractivity contribution is -0.144. The van der Waals surface area contributed by atoms with Gasteiger partial charge in [-0.15, -0.1) is 0 Å². The molecule has 204 valence electrons. The number of aliphatic hydroxyl groups excluding tert-OH is 2. The first kappa shape index (κ1) is 28.6. The van der Waals surface area contributed by atoms with Crippen molar-refractivity contribution in [3.8, 4) is 0 Å². The number of aliphatic carboxylic acids is 1. The van der Waals surface area contributed by atoms with Crippen LogP contribution in [-0.4, -0.2) is 81.3 Å². The number of carbonyl (C=O) groups excluding carboxylic acids is 3. The second kappa shape index (κ2) is 14.1. The van der Waals surface area contributed by atoms with Gasteiger partial charge >= 0.3 is 5.97 Å². The Morgan fingerprint density at radius 2 is 1.62 bits per heavy atom. The number of hydrogen-bond acceptors (Lipinski definition) is 6. The summed E-state index contributed by atoms with van der Waals surface area (Å²) in [4.78, 5) is 51.5. The van der Waals surface area contributed by atoms with E-state index in [4.69, 9.17) is 10.2 Å². The highest BCUT2D eigenvalue weighted by molar-refractivity contribution is 5.93. The lowest BCUT2D eigenvalue weighted by Crippen LogP contribution is -2.56. The number of carbonyl (C=O) groups is 4. The molecule has 10 heteroatoms. The van der Waals surface area contributed by atoms with Gasteiger partial charge in [-0.3, -0.25) is 19.2 Å². The summed E-state index contributed by atoms with van der Waals surface area (Å²) < 4.78 is 0. The Hall–Kier alpha value is -2.98. The highest BCUT2D eigenvalue weighted by Gasteiger charge is 2.43. The van der Waals surface area contributed by atoms with E-state index in [-0.39, 0.29) is 56.2 Å². The summed E-state index contributed by atoms with van der Waals surface area (Å²) >= 11 is 0. The van der Waals surface area contributed by atoms with Crippen molar-refractivity contribution in [2.24, 2.45) is 0 Å². The monoisotopic (exact) mass is 517 g/mol. The fourth-order valence-corrected chi connectivity index (χ4v) is 5.14. The van der Waals surface area contributed by atoms with Crippen LogP contribution in [0.3, 0.4) is 0 Å². The molecule has 3 unspecified atom stereocenters. The number of benzene rings is 1.